The average Bonchev–Trinajstić information content (AvgIpc) is 2.73. The predicted molar refractivity (Wildman–Crippen MR) is 57.9 cm³/mol. The van der Waals surface area contributed by atoms with E-state index in [1.807, 2.05) is 13.1 Å². The molecule has 0 aliphatic rings. The fraction of sp³-hybridized carbons (Fsp3) is 0.273. The molecule has 0 aliphatic heterocycles. The number of aromatic nitrogens is 4. The molecule has 82 valence electrons. The number of rotatable bonds is 4. The van der Waals surface area contributed by atoms with Crippen LogP contribution in [-0.4, -0.2) is 25.5 Å². The number of aryl methyl sites for hydroxylation is 2. The zero-order chi connectivity index (χ0) is 11.4. The van der Waals surface area contributed by atoms with Crippen LogP contribution in [-0.2, 0) is 13.5 Å². The summed E-state index contributed by atoms with van der Waals surface area (Å²) in [7, 11) is 1.86. The molecule has 2 aromatic heterocycles. The summed E-state index contributed by atoms with van der Waals surface area (Å²) in [6, 6.07) is 3.59. The summed E-state index contributed by atoms with van der Waals surface area (Å²) in [5.74, 6) is 0.242. The number of nitrogens with zero attached hydrogens (tertiary/aromatic N) is 4. The van der Waals surface area contributed by atoms with Crippen LogP contribution in [0.15, 0.2) is 30.7 Å². The highest BCUT2D eigenvalue weighted by molar-refractivity contribution is 5.92. The van der Waals surface area contributed by atoms with Crippen LogP contribution < -0.4 is 0 Å². The third kappa shape index (κ3) is 2.31. The lowest BCUT2D eigenvalue weighted by Crippen LogP contribution is -2.07. The molecule has 5 heteroatoms. The highest BCUT2D eigenvalue weighted by Gasteiger charge is 2.09. The second kappa shape index (κ2) is 4.65. The fourth-order valence-electron chi connectivity index (χ4n) is 1.44. The molecule has 0 aromatic carbocycles. The van der Waals surface area contributed by atoms with Crippen LogP contribution in [0.2, 0.25) is 0 Å². The Balaban J connectivity index is 1.97. The van der Waals surface area contributed by atoms with Crippen LogP contribution >= 0.6 is 0 Å². The van der Waals surface area contributed by atoms with Gasteiger partial charge in [0.2, 0.25) is 0 Å². The molecule has 0 aliphatic carbocycles. The van der Waals surface area contributed by atoms with E-state index in [2.05, 4.69) is 15.1 Å². The van der Waals surface area contributed by atoms with Crippen molar-refractivity contribution in [2.45, 2.75) is 12.8 Å². The minimum absolute atomic E-state index is 0.0400. The standard InChI is InChI=1S/C11H12N4O/c1-15-9(5-8-14-15)3-4-10(16)11-12-6-2-7-13-11/h2,5-8H,3-4H2,1H3. The van der Waals surface area contributed by atoms with Crippen molar-refractivity contribution in [3.63, 3.8) is 0 Å². The summed E-state index contributed by atoms with van der Waals surface area (Å²) in [6.45, 7) is 0. The number of ketones is 1. The van der Waals surface area contributed by atoms with E-state index >= 15 is 0 Å². The molecule has 2 aromatic rings. The van der Waals surface area contributed by atoms with E-state index in [0.29, 0.717) is 12.8 Å². The average molecular weight is 216 g/mol. The van der Waals surface area contributed by atoms with Gasteiger partial charge < -0.3 is 0 Å². The van der Waals surface area contributed by atoms with Crippen LogP contribution in [0.4, 0.5) is 0 Å². The second-order valence-corrected chi connectivity index (χ2v) is 3.44. The summed E-state index contributed by atoms with van der Waals surface area (Å²) in [5, 5.41) is 4.04. The van der Waals surface area contributed by atoms with Crippen molar-refractivity contribution in [1.29, 1.82) is 0 Å². The summed E-state index contributed by atoms with van der Waals surface area (Å²) in [5.41, 5.74) is 1.03. The summed E-state index contributed by atoms with van der Waals surface area (Å²) >= 11 is 0. The van der Waals surface area contributed by atoms with E-state index in [0.717, 1.165) is 5.69 Å². The molecule has 0 fully saturated rings. The largest absolute Gasteiger partial charge is 0.291 e. The number of carbonyl (C=O) groups is 1. The summed E-state index contributed by atoms with van der Waals surface area (Å²) in [6.07, 6.45) is 5.94. The van der Waals surface area contributed by atoms with Crippen LogP contribution in [0, 0.1) is 0 Å². The monoisotopic (exact) mass is 216 g/mol. The van der Waals surface area contributed by atoms with E-state index in [4.69, 9.17) is 0 Å². The fourth-order valence-corrected chi connectivity index (χ4v) is 1.44. The lowest BCUT2D eigenvalue weighted by Gasteiger charge is -2.00. The highest BCUT2D eigenvalue weighted by atomic mass is 16.1. The van der Waals surface area contributed by atoms with Crippen molar-refractivity contribution in [2.24, 2.45) is 7.05 Å². The van der Waals surface area contributed by atoms with E-state index in [1.165, 1.54) is 0 Å². The van der Waals surface area contributed by atoms with Crippen molar-refractivity contribution in [3.05, 3.63) is 42.2 Å². The summed E-state index contributed by atoms with van der Waals surface area (Å²) in [4.78, 5) is 19.5. The second-order valence-electron chi connectivity index (χ2n) is 3.44. The van der Waals surface area contributed by atoms with Crippen LogP contribution in [0.1, 0.15) is 22.7 Å². The molecule has 0 bridgehead atoms. The maximum Gasteiger partial charge on any atom is 0.200 e. The highest BCUT2D eigenvalue weighted by Crippen LogP contribution is 2.04. The van der Waals surface area contributed by atoms with Gasteiger partial charge in [-0.2, -0.15) is 5.10 Å². The van der Waals surface area contributed by atoms with Crippen LogP contribution in [0.5, 0.6) is 0 Å². The molecule has 0 atom stereocenters. The Labute approximate surface area is 93.2 Å². The minimum Gasteiger partial charge on any atom is -0.291 e. The van der Waals surface area contributed by atoms with Gasteiger partial charge in [-0.25, -0.2) is 9.97 Å². The quantitative estimate of drug-likeness (QED) is 0.716. The molecule has 0 spiro atoms. The lowest BCUT2D eigenvalue weighted by molar-refractivity contribution is 0.0972. The Morgan fingerprint density at radius 1 is 1.31 bits per heavy atom. The number of hydrogen-bond donors (Lipinski definition) is 0. The molecule has 2 heterocycles. The van der Waals surface area contributed by atoms with Crippen molar-refractivity contribution < 1.29 is 4.79 Å². The molecular weight excluding hydrogens is 204 g/mol. The summed E-state index contributed by atoms with van der Waals surface area (Å²) < 4.78 is 1.76. The third-order valence-electron chi connectivity index (χ3n) is 2.35. The number of Topliss-reactive ketones (excluding diaryl/α,β-unsaturated/α-hetero) is 1. The lowest BCUT2D eigenvalue weighted by atomic mass is 10.1. The van der Waals surface area contributed by atoms with Gasteiger partial charge in [0.15, 0.2) is 11.6 Å². The van der Waals surface area contributed by atoms with Gasteiger partial charge in [0, 0.05) is 37.8 Å². The molecule has 0 unspecified atom stereocenters. The predicted octanol–water partition coefficient (Wildman–Crippen LogP) is 1.03. The molecule has 0 amide bonds. The van der Waals surface area contributed by atoms with E-state index in [1.54, 1.807) is 29.3 Å². The first-order valence-electron chi connectivity index (χ1n) is 5.04. The van der Waals surface area contributed by atoms with Crippen LogP contribution in [0.3, 0.4) is 0 Å². The van der Waals surface area contributed by atoms with Crippen molar-refractivity contribution in [1.82, 2.24) is 19.7 Å². The van der Waals surface area contributed by atoms with Gasteiger partial charge in [-0.15, -0.1) is 0 Å². The van der Waals surface area contributed by atoms with E-state index in [9.17, 15) is 4.79 Å². The van der Waals surface area contributed by atoms with Gasteiger partial charge in [0.1, 0.15) is 0 Å². The molecular formula is C11H12N4O. The van der Waals surface area contributed by atoms with Gasteiger partial charge in [-0.05, 0) is 18.6 Å². The van der Waals surface area contributed by atoms with Crippen molar-refractivity contribution in [2.75, 3.05) is 0 Å². The smallest absolute Gasteiger partial charge is 0.200 e. The van der Waals surface area contributed by atoms with E-state index in [-0.39, 0.29) is 11.6 Å². The normalized spacial score (nSPS) is 10.3. The Morgan fingerprint density at radius 2 is 2.06 bits per heavy atom. The number of carbonyl (C=O) groups excluding carboxylic acids is 1. The van der Waals surface area contributed by atoms with Gasteiger partial charge in [0.05, 0.1) is 0 Å². The Morgan fingerprint density at radius 3 is 2.69 bits per heavy atom. The molecule has 0 saturated carbocycles. The zero-order valence-corrected chi connectivity index (χ0v) is 9.00. The van der Waals surface area contributed by atoms with E-state index < -0.39 is 0 Å². The van der Waals surface area contributed by atoms with Crippen molar-refractivity contribution >= 4 is 5.78 Å². The molecule has 0 saturated heterocycles. The molecule has 16 heavy (non-hydrogen) atoms. The van der Waals surface area contributed by atoms with Gasteiger partial charge in [0.25, 0.3) is 0 Å². The van der Waals surface area contributed by atoms with Gasteiger partial charge >= 0.3 is 0 Å². The third-order valence-corrected chi connectivity index (χ3v) is 2.35. The molecule has 2 rings (SSSR count). The van der Waals surface area contributed by atoms with Gasteiger partial charge in [-0.3, -0.25) is 9.48 Å². The van der Waals surface area contributed by atoms with Gasteiger partial charge in [-0.1, -0.05) is 0 Å². The minimum atomic E-state index is -0.0400. The Hall–Kier alpha value is -2.04. The molecule has 5 nitrogen and oxygen atoms in total. The Kier molecular flexibility index (Phi) is 3.05. The maximum atomic E-state index is 11.7. The maximum absolute atomic E-state index is 11.7. The zero-order valence-electron chi connectivity index (χ0n) is 9.00. The topological polar surface area (TPSA) is 60.7 Å². The first kappa shape index (κ1) is 10.5. The molecule has 0 radical (unpaired) electrons. The first-order valence-corrected chi connectivity index (χ1v) is 5.04. The number of hydrogen-bond acceptors (Lipinski definition) is 4. The molecule has 0 N–H and O–H groups in total. The Bertz CT molecular complexity index is 478. The SMILES string of the molecule is Cn1nccc1CCC(=O)c1ncccn1. The van der Waals surface area contributed by atoms with Crippen LogP contribution in [0.25, 0.3) is 0 Å². The first-order chi connectivity index (χ1) is 7.77. The van der Waals surface area contributed by atoms with Crippen molar-refractivity contribution in [3.8, 4) is 0 Å².